The Morgan fingerprint density at radius 1 is 1.12 bits per heavy atom. The van der Waals surface area contributed by atoms with Crippen LogP contribution in [0.1, 0.15) is 47.8 Å². The summed E-state index contributed by atoms with van der Waals surface area (Å²) in [5, 5.41) is 4.63. The first-order chi connectivity index (χ1) is 11.6. The van der Waals surface area contributed by atoms with Crippen LogP contribution >= 0.6 is 11.3 Å². The fraction of sp³-hybridized carbons (Fsp3) is 0.368. The number of thiophene rings is 1. The minimum atomic E-state index is -0.126. The second-order valence-corrected chi connectivity index (χ2v) is 6.77. The van der Waals surface area contributed by atoms with Crippen molar-refractivity contribution >= 4 is 23.0 Å². The van der Waals surface area contributed by atoms with Gasteiger partial charge >= 0.3 is 0 Å². The molecular formula is C19H23NO3S. The van der Waals surface area contributed by atoms with Crippen molar-refractivity contribution in [3.8, 4) is 5.75 Å². The van der Waals surface area contributed by atoms with E-state index in [-0.39, 0.29) is 24.5 Å². The Labute approximate surface area is 146 Å². The van der Waals surface area contributed by atoms with E-state index in [2.05, 4.69) is 31.3 Å². The second kappa shape index (κ2) is 9.23. The van der Waals surface area contributed by atoms with Crippen molar-refractivity contribution in [1.82, 2.24) is 5.32 Å². The van der Waals surface area contributed by atoms with Crippen molar-refractivity contribution in [1.29, 1.82) is 0 Å². The Balaban J connectivity index is 1.61. The first-order valence-electron chi connectivity index (χ1n) is 8.12. The predicted octanol–water partition coefficient (Wildman–Crippen LogP) is 4.03. The molecule has 0 fully saturated rings. The highest BCUT2D eigenvalue weighted by molar-refractivity contribution is 7.12. The zero-order chi connectivity index (χ0) is 17.4. The van der Waals surface area contributed by atoms with Gasteiger partial charge in [-0.2, -0.15) is 0 Å². The van der Waals surface area contributed by atoms with Gasteiger partial charge in [0.15, 0.2) is 5.78 Å². The Morgan fingerprint density at radius 2 is 1.88 bits per heavy atom. The molecule has 0 saturated heterocycles. The summed E-state index contributed by atoms with van der Waals surface area (Å²) in [6, 6.07) is 11.6. The third-order valence-electron chi connectivity index (χ3n) is 3.61. The fourth-order valence-corrected chi connectivity index (χ4v) is 2.88. The van der Waals surface area contributed by atoms with E-state index >= 15 is 0 Å². The zero-order valence-corrected chi connectivity index (χ0v) is 14.9. The molecular weight excluding hydrogens is 322 g/mol. The van der Waals surface area contributed by atoms with Crippen LogP contribution in [0.4, 0.5) is 0 Å². The van der Waals surface area contributed by atoms with Gasteiger partial charge in [0, 0.05) is 12.8 Å². The average molecular weight is 345 g/mol. The highest BCUT2D eigenvalue weighted by Gasteiger charge is 2.09. The number of carbonyl (C=O) groups is 2. The summed E-state index contributed by atoms with van der Waals surface area (Å²) in [4.78, 5) is 24.2. The smallest absolute Gasteiger partial charge is 0.220 e. The summed E-state index contributed by atoms with van der Waals surface area (Å²) in [5.74, 6) is 1.18. The van der Waals surface area contributed by atoms with Crippen molar-refractivity contribution in [3.05, 3.63) is 52.2 Å². The molecule has 2 aromatic rings. The zero-order valence-electron chi connectivity index (χ0n) is 14.1. The average Bonchev–Trinajstić information content (AvgIpc) is 3.11. The number of Topliss-reactive ketones (excluding diaryl/α,β-unsaturated/α-hetero) is 1. The molecule has 0 bridgehead atoms. The van der Waals surface area contributed by atoms with E-state index in [9.17, 15) is 9.59 Å². The number of hydrogen-bond donors (Lipinski definition) is 1. The maximum absolute atomic E-state index is 11.8. The third kappa shape index (κ3) is 5.81. The van der Waals surface area contributed by atoms with Crippen LogP contribution in [0.3, 0.4) is 0 Å². The lowest BCUT2D eigenvalue weighted by atomic mass is 10.0. The highest BCUT2D eigenvalue weighted by atomic mass is 32.1. The minimum Gasteiger partial charge on any atom is -0.492 e. The topological polar surface area (TPSA) is 55.4 Å². The van der Waals surface area contributed by atoms with Crippen LogP contribution in [0.2, 0.25) is 0 Å². The van der Waals surface area contributed by atoms with Gasteiger partial charge in [-0.3, -0.25) is 9.59 Å². The third-order valence-corrected chi connectivity index (χ3v) is 4.53. The molecule has 5 heteroatoms. The van der Waals surface area contributed by atoms with Gasteiger partial charge < -0.3 is 10.1 Å². The van der Waals surface area contributed by atoms with Crippen molar-refractivity contribution in [2.24, 2.45) is 0 Å². The van der Waals surface area contributed by atoms with Crippen LogP contribution < -0.4 is 10.1 Å². The van der Waals surface area contributed by atoms with Crippen molar-refractivity contribution in [2.45, 2.75) is 32.6 Å². The lowest BCUT2D eigenvalue weighted by molar-refractivity contribution is -0.121. The Hall–Kier alpha value is -2.14. The first-order valence-corrected chi connectivity index (χ1v) is 9.00. The van der Waals surface area contributed by atoms with E-state index in [1.54, 1.807) is 6.07 Å². The molecule has 2 rings (SSSR count). The Kier molecular flexibility index (Phi) is 7.00. The molecule has 1 N–H and O–H groups in total. The van der Waals surface area contributed by atoms with E-state index < -0.39 is 0 Å². The van der Waals surface area contributed by atoms with Gasteiger partial charge in [0.05, 0.1) is 11.4 Å². The second-order valence-electron chi connectivity index (χ2n) is 5.82. The number of amides is 1. The molecule has 24 heavy (non-hydrogen) atoms. The van der Waals surface area contributed by atoms with Gasteiger partial charge in [0.25, 0.3) is 0 Å². The Morgan fingerprint density at radius 3 is 2.50 bits per heavy atom. The molecule has 0 spiro atoms. The van der Waals surface area contributed by atoms with E-state index in [0.717, 1.165) is 5.75 Å². The van der Waals surface area contributed by atoms with Gasteiger partial charge in [0.2, 0.25) is 5.91 Å². The SMILES string of the molecule is CC(C)c1ccc(OCCNC(=O)CCC(=O)c2cccs2)cc1. The van der Waals surface area contributed by atoms with E-state index in [1.165, 1.54) is 16.9 Å². The molecule has 1 amide bonds. The summed E-state index contributed by atoms with van der Waals surface area (Å²) < 4.78 is 5.60. The summed E-state index contributed by atoms with van der Waals surface area (Å²) in [7, 11) is 0. The highest BCUT2D eigenvalue weighted by Crippen LogP contribution is 2.18. The molecule has 1 heterocycles. The number of nitrogens with one attached hydrogen (secondary N) is 1. The van der Waals surface area contributed by atoms with Crippen molar-refractivity contribution in [3.63, 3.8) is 0 Å². The summed E-state index contributed by atoms with van der Waals surface area (Å²) in [5.41, 5.74) is 1.27. The van der Waals surface area contributed by atoms with Gasteiger partial charge in [0.1, 0.15) is 12.4 Å². The van der Waals surface area contributed by atoms with E-state index in [1.807, 2.05) is 23.6 Å². The largest absolute Gasteiger partial charge is 0.492 e. The Bertz CT molecular complexity index is 648. The van der Waals surface area contributed by atoms with Crippen molar-refractivity contribution in [2.75, 3.05) is 13.2 Å². The number of hydrogen-bond acceptors (Lipinski definition) is 4. The van der Waals surface area contributed by atoms with Crippen LogP contribution in [0.15, 0.2) is 41.8 Å². The number of ketones is 1. The lowest BCUT2D eigenvalue weighted by Crippen LogP contribution is -2.28. The number of ether oxygens (including phenoxy) is 1. The van der Waals surface area contributed by atoms with E-state index in [4.69, 9.17) is 4.74 Å². The molecule has 0 atom stereocenters. The van der Waals surface area contributed by atoms with Gasteiger partial charge in [-0.25, -0.2) is 0 Å². The normalized spacial score (nSPS) is 10.6. The monoisotopic (exact) mass is 345 g/mol. The van der Waals surface area contributed by atoms with Gasteiger partial charge in [-0.1, -0.05) is 32.0 Å². The standard InChI is InChI=1S/C19H23NO3S/c1-14(2)15-5-7-16(8-6-15)23-12-11-20-19(22)10-9-17(21)18-4-3-13-24-18/h3-8,13-14H,9-12H2,1-2H3,(H,20,22). The summed E-state index contributed by atoms with van der Waals surface area (Å²) in [6.45, 7) is 5.13. The summed E-state index contributed by atoms with van der Waals surface area (Å²) in [6.07, 6.45) is 0.448. The molecule has 0 aliphatic rings. The van der Waals surface area contributed by atoms with E-state index in [0.29, 0.717) is 23.9 Å². The van der Waals surface area contributed by atoms with Crippen LogP contribution in [-0.2, 0) is 4.79 Å². The predicted molar refractivity (Wildman–Crippen MR) is 96.9 cm³/mol. The number of carbonyl (C=O) groups excluding carboxylic acids is 2. The summed E-state index contributed by atoms with van der Waals surface area (Å²) >= 11 is 1.40. The van der Waals surface area contributed by atoms with Crippen LogP contribution in [-0.4, -0.2) is 24.8 Å². The molecule has 0 saturated carbocycles. The fourth-order valence-electron chi connectivity index (χ4n) is 2.18. The minimum absolute atomic E-state index is 0.0154. The maximum atomic E-state index is 11.8. The molecule has 128 valence electrons. The molecule has 1 aromatic carbocycles. The van der Waals surface area contributed by atoms with Crippen LogP contribution in [0, 0.1) is 0 Å². The molecule has 0 aliphatic carbocycles. The first kappa shape index (κ1) is 18.2. The van der Waals surface area contributed by atoms with Gasteiger partial charge in [-0.15, -0.1) is 11.3 Å². The molecule has 0 unspecified atom stereocenters. The molecule has 4 nitrogen and oxygen atoms in total. The number of benzene rings is 1. The maximum Gasteiger partial charge on any atom is 0.220 e. The van der Waals surface area contributed by atoms with Crippen LogP contribution in [0.25, 0.3) is 0 Å². The molecule has 1 aromatic heterocycles. The van der Waals surface area contributed by atoms with Crippen molar-refractivity contribution < 1.29 is 14.3 Å². The van der Waals surface area contributed by atoms with Gasteiger partial charge in [-0.05, 0) is 35.1 Å². The molecule has 0 aliphatic heterocycles. The quantitative estimate of drug-likeness (QED) is 0.551. The lowest BCUT2D eigenvalue weighted by Gasteiger charge is -2.09. The number of rotatable bonds is 9. The van der Waals surface area contributed by atoms with Crippen LogP contribution in [0.5, 0.6) is 5.75 Å². The molecule has 0 radical (unpaired) electrons.